The summed E-state index contributed by atoms with van der Waals surface area (Å²) >= 11 is 0. The first-order chi connectivity index (χ1) is 8.56. The number of esters is 1. The van der Waals surface area contributed by atoms with Crippen LogP contribution < -0.4 is 11.1 Å². The van der Waals surface area contributed by atoms with Crippen molar-refractivity contribution in [3.05, 3.63) is 0 Å². The molecular weight excluding hydrogens is 232 g/mol. The molecule has 0 saturated heterocycles. The van der Waals surface area contributed by atoms with Gasteiger partial charge in [-0.15, -0.1) is 0 Å². The van der Waals surface area contributed by atoms with Crippen molar-refractivity contribution in [3.8, 4) is 0 Å². The van der Waals surface area contributed by atoms with Crippen molar-refractivity contribution in [2.45, 2.75) is 58.0 Å². The average molecular weight is 256 g/mol. The number of hydrogen-bond acceptors (Lipinski definition) is 4. The summed E-state index contributed by atoms with van der Waals surface area (Å²) < 4.78 is 4.74. The first-order valence-electron chi connectivity index (χ1n) is 6.78. The molecule has 3 atom stereocenters. The van der Waals surface area contributed by atoms with Crippen LogP contribution in [0.2, 0.25) is 0 Å². The van der Waals surface area contributed by atoms with Crippen LogP contribution in [0.1, 0.15) is 46.0 Å². The number of carbonyl (C=O) groups is 2. The fourth-order valence-electron chi connectivity index (χ4n) is 2.32. The van der Waals surface area contributed by atoms with Gasteiger partial charge in [0.2, 0.25) is 5.91 Å². The number of rotatable bonds is 4. The lowest BCUT2D eigenvalue weighted by atomic mass is 9.96. The van der Waals surface area contributed by atoms with Gasteiger partial charge in [0.05, 0.1) is 6.61 Å². The van der Waals surface area contributed by atoms with E-state index in [1.54, 1.807) is 6.92 Å². The third-order valence-corrected chi connectivity index (χ3v) is 3.51. The van der Waals surface area contributed by atoms with E-state index in [2.05, 4.69) is 12.2 Å². The summed E-state index contributed by atoms with van der Waals surface area (Å²) in [6, 6.07) is -1.08. The molecule has 0 aliphatic heterocycles. The molecule has 0 aromatic carbocycles. The monoisotopic (exact) mass is 256 g/mol. The van der Waals surface area contributed by atoms with E-state index in [0.717, 1.165) is 19.3 Å². The summed E-state index contributed by atoms with van der Waals surface area (Å²) in [4.78, 5) is 23.2. The minimum absolute atomic E-state index is 0.125. The normalized spacial score (nSPS) is 25.9. The van der Waals surface area contributed by atoms with E-state index in [9.17, 15) is 9.59 Å². The van der Waals surface area contributed by atoms with Gasteiger partial charge in [0.25, 0.3) is 0 Å². The second-order valence-electron chi connectivity index (χ2n) is 4.96. The summed E-state index contributed by atoms with van der Waals surface area (Å²) in [6.07, 6.45) is 5.60. The van der Waals surface area contributed by atoms with Crippen molar-refractivity contribution >= 4 is 11.9 Å². The molecule has 1 fully saturated rings. The average Bonchev–Trinajstić information content (AvgIpc) is 2.54. The largest absolute Gasteiger partial charge is 0.464 e. The fraction of sp³-hybridized carbons (Fsp3) is 0.846. The molecule has 0 aromatic heterocycles. The van der Waals surface area contributed by atoms with Crippen LogP contribution in [0, 0.1) is 5.92 Å². The molecule has 1 aliphatic rings. The lowest BCUT2D eigenvalue weighted by molar-refractivity contribution is -0.148. The van der Waals surface area contributed by atoms with Gasteiger partial charge < -0.3 is 15.8 Å². The zero-order valence-corrected chi connectivity index (χ0v) is 11.3. The maximum atomic E-state index is 11.8. The third-order valence-electron chi connectivity index (χ3n) is 3.51. The number of nitrogens with one attached hydrogen (secondary N) is 1. The Labute approximate surface area is 108 Å². The standard InChI is InChI=1S/C13H24N2O3/c1-3-18-13(17)11(14)12(16)15-10-8-6-4-5-7-9(10)2/h9-11H,3-8,14H2,1-2H3,(H,15,16). The van der Waals surface area contributed by atoms with Crippen LogP contribution in [0.25, 0.3) is 0 Å². The van der Waals surface area contributed by atoms with Crippen LogP contribution in [0.4, 0.5) is 0 Å². The predicted molar refractivity (Wildman–Crippen MR) is 68.8 cm³/mol. The molecular formula is C13H24N2O3. The number of hydrogen-bond donors (Lipinski definition) is 2. The molecule has 5 heteroatoms. The molecule has 0 radical (unpaired) electrons. The van der Waals surface area contributed by atoms with Gasteiger partial charge in [-0.1, -0.05) is 26.2 Å². The van der Waals surface area contributed by atoms with E-state index in [1.165, 1.54) is 12.8 Å². The van der Waals surface area contributed by atoms with Gasteiger partial charge in [0.1, 0.15) is 0 Å². The van der Waals surface area contributed by atoms with E-state index < -0.39 is 17.9 Å². The number of carbonyl (C=O) groups excluding carboxylic acids is 2. The van der Waals surface area contributed by atoms with Crippen LogP contribution in [0.5, 0.6) is 0 Å². The molecule has 1 amide bonds. The molecule has 0 aromatic rings. The maximum absolute atomic E-state index is 11.8. The molecule has 0 heterocycles. The zero-order valence-electron chi connectivity index (χ0n) is 11.3. The maximum Gasteiger partial charge on any atom is 0.332 e. The Morgan fingerprint density at radius 2 is 2.00 bits per heavy atom. The Balaban J connectivity index is 2.49. The van der Waals surface area contributed by atoms with Crippen LogP contribution in [-0.2, 0) is 14.3 Å². The molecule has 0 bridgehead atoms. The van der Waals surface area contributed by atoms with Gasteiger partial charge in [-0.3, -0.25) is 4.79 Å². The lowest BCUT2D eigenvalue weighted by Gasteiger charge is -2.24. The molecule has 18 heavy (non-hydrogen) atoms. The molecule has 3 unspecified atom stereocenters. The van der Waals surface area contributed by atoms with E-state index in [4.69, 9.17) is 10.5 Å². The van der Waals surface area contributed by atoms with Gasteiger partial charge in [-0.05, 0) is 25.7 Å². The summed E-state index contributed by atoms with van der Waals surface area (Å²) in [7, 11) is 0. The first kappa shape index (κ1) is 15.0. The molecule has 3 N–H and O–H groups in total. The van der Waals surface area contributed by atoms with Gasteiger partial charge >= 0.3 is 5.97 Å². The van der Waals surface area contributed by atoms with Crippen LogP contribution in [0.15, 0.2) is 0 Å². The SMILES string of the molecule is CCOC(=O)C(N)C(=O)NC1CCCCCC1C. The second kappa shape index (κ2) is 7.36. The smallest absolute Gasteiger partial charge is 0.332 e. The summed E-state index contributed by atoms with van der Waals surface area (Å²) in [6.45, 7) is 4.06. The van der Waals surface area contributed by atoms with Crippen LogP contribution >= 0.6 is 0 Å². The molecule has 1 rings (SSSR count). The fourth-order valence-corrected chi connectivity index (χ4v) is 2.32. The van der Waals surface area contributed by atoms with Gasteiger partial charge in [-0.2, -0.15) is 0 Å². The molecule has 0 spiro atoms. The van der Waals surface area contributed by atoms with Gasteiger partial charge in [-0.25, -0.2) is 4.79 Å². The number of ether oxygens (including phenoxy) is 1. The summed E-state index contributed by atoms with van der Waals surface area (Å²) in [5.74, 6) is -0.644. The quantitative estimate of drug-likeness (QED) is 0.446. The highest BCUT2D eigenvalue weighted by Crippen LogP contribution is 2.22. The molecule has 1 saturated carbocycles. The first-order valence-corrected chi connectivity index (χ1v) is 6.78. The lowest BCUT2D eigenvalue weighted by Crippen LogP contribution is -2.51. The second-order valence-corrected chi connectivity index (χ2v) is 4.96. The highest BCUT2D eigenvalue weighted by molar-refractivity contribution is 6.01. The Morgan fingerprint density at radius 3 is 2.67 bits per heavy atom. The predicted octanol–water partition coefficient (Wildman–Crippen LogP) is 0.962. The molecule has 1 aliphatic carbocycles. The molecule has 5 nitrogen and oxygen atoms in total. The van der Waals surface area contributed by atoms with E-state index >= 15 is 0 Å². The van der Waals surface area contributed by atoms with Crippen molar-refractivity contribution in [1.29, 1.82) is 0 Å². The minimum atomic E-state index is -1.21. The Bertz CT molecular complexity index is 294. The van der Waals surface area contributed by atoms with Crippen molar-refractivity contribution in [2.24, 2.45) is 11.7 Å². The van der Waals surface area contributed by atoms with Crippen molar-refractivity contribution in [1.82, 2.24) is 5.32 Å². The number of nitrogens with two attached hydrogens (primary N) is 1. The highest BCUT2D eigenvalue weighted by atomic mass is 16.5. The molecule has 104 valence electrons. The minimum Gasteiger partial charge on any atom is -0.464 e. The summed E-state index contributed by atoms with van der Waals surface area (Å²) in [5, 5.41) is 2.88. The highest BCUT2D eigenvalue weighted by Gasteiger charge is 2.28. The topological polar surface area (TPSA) is 81.4 Å². The zero-order chi connectivity index (χ0) is 13.5. The van der Waals surface area contributed by atoms with Crippen molar-refractivity contribution in [2.75, 3.05) is 6.61 Å². The Morgan fingerprint density at radius 1 is 1.33 bits per heavy atom. The van der Waals surface area contributed by atoms with Crippen molar-refractivity contribution in [3.63, 3.8) is 0 Å². The van der Waals surface area contributed by atoms with Gasteiger partial charge in [0.15, 0.2) is 6.04 Å². The van der Waals surface area contributed by atoms with Crippen LogP contribution in [0.3, 0.4) is 0 Å². The van der Waals surface area contributed by atoms with E-state index in [0.29, 0.717) is 5.92 Å². The Kier molecular flexibility index (Phi) is 6.12. The van der Waals surface area contributed by atoms with Crippen molar-refractivity contribution < 1.29 is 14.3 Å². The van der Waals surface area contributed by atoms with Crippen LogP contribution in [-0.4, -0.2) is 30.6 Å². The van der Waals surface area contributed by atoms with E-state index in [1.807, 2.05) is 0 Å². The Hall–Kier alpha value is -1.10. The third kappa shape index (κ3) is 4.29. The summed E-state index contributed by atoms with van der Waals surface area (Å²) in [5.41, 5.74) is 5.56. The number of amides is 1. The van der Waals surface area contributed by atoms with E-state index in [-0.39, 0.29) is 12.6 Å². The van der Waals surface area contributed by atoms with Gasteiger partial charge in [0, 0.05) is 6.04 Å².